The van der Waals surface area contributed by atoms with Gasteiger partial charge in [-0.25, -0.2) is 0 Å². The molecule has 4 heteroatoms. The summed E-state index contributed by atoms with van der Waals surface area (Å²) in [4.78, 5) is 13.7. The predicted molar refractivity (Wildman–Crippen MR) is 104 cm³/mol. The van der Waals surface area contributed by atoms with E-state index in [-0.39, 0.29) is 18.6 Å². The molecule has 0 spiro atoms. The van der Waals surface area contributed by atoms with Crippen LogP contribution in [0.3, 0.4) is 0 Å². The number of likely N-dealkylation sites (N-methyl/N-ethyl adjacent to an activating group) is 1. The molecule has 0 radical (unpaired) electrons. The van der Waals surface area contributed by atoms with Gasteiger partial charge in [-0.1, -0.05) is 60.7 Å². The normalized spacial score (nSPS) is 12.1. The van der Waals surface area contributed by atoms with Crippen LogP contribution >= 0.6 is 0 Å². The van der Waals surface area contributed by atoms with Crippen LogP contribution in [-0.2, 0) is 4.79 Å². The van der Waals surface area contributed by atoms with E-state index < -0.39 is 0 Å². The SMILES string of the molecule is C[NH+](C)C[C@H](NC(=O)COc1ccc2ccccc2c1)c1ccccc1. The summed E-state index contributed by atoms with van der Waals surface area (Å²) in [5.41, 5.74) is 1.10. The molecule has 0 aliphatic carbocycles. The third-order valence-corrected chi connectivity index (χ3v) is 4.24. The molecule has 0 bridgehead atoms. The second-order valence-corrected chi connectivity index (χ2v) is 6.74. The van der Waals surface area contributed by atoms with Crippen molar-refractivity contribution in [2.75, 3.05) is 27.2 Å². The van der Waals surface area contributed by atoms with Crippen LogP contribution in [-0.4, -0.2) is 33.2 Å². The van der Waals surface area contributed by atoms with Gasteiger partial charge < -0.3 is 15.0 Å². The average molecular weight is 349 g/mol. The summed E-state index contributed by atoms with van der Waals surface area (Å²) in [6.07, 6.45) is 0. The third-order valence-electron chi connectivity index (χ3n) is 4.24. The summed E-state index contributed by atoms with van der Waals surface area (Å²) in [7, 11) is 4.15. The Bertz CT molecular complexity index is 862. The Morgan fingerprint density at radius 2 is 1.65 bits per heavy atom. The number of quaternary nitrogens is 1. The molecular weight excluding hydrogens is 324 g/mol. The molecule has 0 saturated carbocycles. The largest absolute Gasteiger partial charge is 0.484 e. The molecule has 3 rings (SSSR count). The Morgan fingerprint density at radius 1 is 0.962 bits per heavy atom. The van der Waals surface area contributed by atoms with Crippen LogP contribution in [0.2, 0.25) is 0 Å². The molecule has 1 atom stereocenters. The van der Waals surface area contributed by atoms with E-state index in [0.29, 0.717) is 5.75 Å². The van der Waals surface area contributed by atoms with E-state index in [1.54, 1.807) is 0 Å². The first-order chi connectivity index (χ1) is 12.6. The second-order valence-electron chi connectivity index (χ2n) is 6.74. The number of rotatable bonds is 7. The van der Waals surface area contributed by atoms with Crippen LogP contribution in [0, 0.1) is 0 Å². The highest BCUT2D eigenvalue weighted by molar-refractivity contribution is 5.84. The summed E-state index contributed by atoms with van der Waals surface area (Å²) in [6, 6.07) is 24.0. The standard InChI is InChI=1S/C22H24N2O2/c1-24(2)15-21(18-9-4-3-5-10-18)23-22(25)16-26-20-13-12-17-8-6-7-11-19(17)14-20/h3-14,21H,15-16H2,1-2H3,(H,23,25)/p+1/t21-/m0/s1. The second kappa shape index (κ2) is 8.50. The van der Waals surface area contributed by atoms with Crippen molar-refractivity contribution in [3.05, 3.63) is 78.4 Å². The molecule has 1 amide bonds. The van der Waals surface area contributed by atoms with Gasteiger partial charge in [0.2, 0.25) is 0 Å². The fraction of sp³-hybridized carbons (Fsp3) is 0.227. The zero-order chi connectivity index (χ0) is 18.4. The van der Waals surface area contributed by atoms with Crippen LogP contribution < -0.4 is 15.0 Å². The van der Waals surface area contributed by atoms with E-state index in [1.165, 1.54) is 4.90 Å². The lowest BCUT2D eigenvalue weighted by Crippen LogP contribution is -3.06. The van der Waals surface area contributed by atoms with Gasteiger partial charge in [-0.2, -0.15) is 0 Å². The maximum absolute atomic E-state index is 12.4. The number of hydrogen-bond donors (Lipinski definition) is 2. The molecule has 3 aromatic carbocycles. The average Bonchev–Trinajstić information content (AvgIpc) is 2.66. The van der Waals surface area contributed by atoms with E-state index in [0.717, 1.165) is 22.9 Å². The predicted octanol–water partition coefficient (Wildman–Crippen LogP) is 2.22. The van der Waals surface area contributed by atoms with E-state index in [4.69, 9.17) is 4.74 Å². The quantitative estimate of drug-likeness (QED) is 0.687. The molecule has 0 unspecified atom stereocenters. The first-order valence-electron chi connectivity index (χ1n) is 8.87. The number of fused-ring (bicyclic) bond motifs is 1. The minimum Gasteiger partial charge on any atom is -0.484 e. The van der Waals surface area contributed by atoms with Crippen molar-refractivity contribution >= 4 is 16.7 Å². The van der Waals surface area contributed by atoms with Crippen molar-refractivity contribution in [3.8, 4) is 5.75 Å². The van der Waals surface area contributed by atoms with Gasteiger partial charge in [0, 0.05) is 0 Å². The Kier molecular flexibility index (Phi) is 5.87. The Labute approximate surface area is 154 Å². The molecule has 0 heterocycles. The highest BCUT2D eigenvalue weighted by Crippen LogP contribution is 2.20. The molecular formula is C22H25N2O2+. The van der Waals surface area contributed by atoms with Crippen molar-refractivity contribution in [2.45, 2.75) is 6.04 Å². The zero-order valence-corrected chi connectivity index (χ0v) is 15.2. The van der Waals surface area contributed by atoms with Gasteiger partial charge in [0.05, 0.1) is 14.1 Å². The van der Waals surface area contributed by atoms with Gasteiger partial charge in [-0.05, 0) is 28.5 Å². The molecule has 134 valence electrons. The lowest BCUT2D eigenvalue weighted by molar-refractivity contribution is -0.860. The Morgan fingerprint density at radius 3 is 2.38 bits per heavy atom. The summed E-state index contributed by atoms with van der Waals surface area (Å²) >= 11 is 0. The molecule has 0 aromatic heterocycles. The number of carbonyl (C=O) groups excluding carboxylic acids is 1. The smallest absolute Gasteiger partial charge is 0.258 e. The summed E-state index contributed by atoms with van der Waals surface area (Å²) in [5.74, 6) is 0.585. The minimum atomic E-state index is -0.117. The molecule has 2 N–H and O–H groups in total. The molecule has 0 aliphatic heterocycles. The number of ether oxygens (including phenoxy) is 1. The summed E-state index contributed by atoms with van der Waals surface area (Å²) < 4.78 is 5.70. The van der Waals surface area contributed by atoms with Gasteiger partial charge in [-0.3, -0.25) is 4.79 Å². The molecule has 26 heavy (non-hydrogen) atoms. The van der Waals surface area contributed by atoms with E-state index >= 15 is 0 Å². The van der Waals surface area contributed by atoms with E-state index in [1.807, 2.05) is 66.7 Å². The van der Waals surface area contributed by atoms with Crippen LogP contribution in [0.15, 0.2) is 72.8 Å². The lowest BCUT2D eigenvalue weighted by Gasteiger charge is -2.21. The van der Waals surface area contributed by atoms with Crippen molar-refractivity contribution < 1.29 is 14.4 Å². The number of carbonyl (C=O) groups is 1. The van der Waals surface area contributed by atoms with Crippen LogP contribution in [0.5, 0.6) is 5.75 Å². The highest BCUT2D eigenvalue weighted by atomic mass is 16.5. The van der Waals surface area contributed by atoms with Crippen LogP contribution in [0.25, 0.3) is 10.8 Å². The number of nitrogens with one attached hydrogen (secondary N) is 2. The fourth-order valence-electron chi connectivity index (χ4n) is 2.99. The van der Waals surface area contributed by atoms with Crippen molar-refractivity contribution in [1.82, 2.24) is 5.32 Å². The molecule has 0 aliphatic rings. The van der Waals surface area contributed by atoms with Crippen molar-refractivity contribution in [2.24, 2.45) is 0 Å². The van der Waals surface area contributed by atoms with Gasteiger partial charge in [-0.15, -0.1) is 0 Å². The number of hydrogen-bond acceptors (Lipinski definition) is 2. The Hall–Kier alpha value is -2.85. The summed E-state index contributed by atoms with van der Waals surface area (Å²) in [6.45, 7) is 0.816. The zero-order valence-electron chi connectivity index (χ0n) is 15.2. The van der Waals surface area contributed by atoms with E-state index in [2.05, 4.69) is 25.5 Å². The monoisotopic (exact) mass is 349 g/mol. The van der Waals surface area contributed by atoms with Gasteiger partial charge in [0.1, 0.15) is 18.3 Å². The maximum Gasteiger partial charge on any atom is 0.258 e. The molecule has 3 aromatic rings. The van der Waals surface area contributed by atoms with Crippen molar-refractivity contribution in [1.29, 1.82) is 0 Å². The fourth-order valence-corrected chi connectivity index (χ4v) is 2.99. The first kappa shape index (κ1) is 18.0. The van der Waals surface area contributed by atoms with Gasteiger partial charge >= 0.3 is 0 Å². The number of benzene rings is 3. The first-order valence-corrected chi connectivity index (χ1v) is 8.87. The van der Waals surface area contributed by atoms with E-state index in [9.17, 15) is 4.79 Å². The topological polar surface area (TPSA) is 42.8 Å². The van der Waals surface area contributed by atoms with Gasteiger partial charge in [0.15, 0.2) is 6.61 Å². The van der Waals surface area contributed by atoms with Crippen LogP contribution in [0.4, 0.5) is 0 Å². The Balaban J connectivity index is 1.62. The number of amides is 1. The molecule has 4 nitrogen and oxygen atoms in total. The highest BCUT2D eigenvalue weighted by Gasteiger charge is 2.17. The minimum absolute atomic E-state index is 0.00440. The lowest BCUT2D eigenvalue weighted by atomic mass is 10.1. The maximum atomic E-state index is 12.4. The van der Waals surface area contributed by atoms with Gasteiger partial charge in [0.25, 0.3) is 5.91 Å². The summed E-state index contributed by atoms with van der Waals surface area (Å²) in [5, 5.41) is 5.34. The third kappa shape index (κ3) is 4.83. The molecule has 0 saturated heterocycles. The van der Waals surface area contributed by atoms with Crippen LogP contribution in [0.1, 0.15) is 11.6 Å². The van der Waals surface area contributed by atoms with Crippen molar-refractivity contribution in [3.63, 3.8) is 0 Å². The molecule has 0 fully saturated rings.